The van der Waals surface area contributed by atoms with Gasteiger partial charge < -0.3 is 11.1 Å². The van der Waals surface area contributed by atoms with Crippen molar-refractivity contribution in [1.29, 1.82) is 0 Å². The van der Waals surface area contributed by atoms with Crippen LogP contribution in [-0.2, 0) is 14.4 Å². The molecule has 28 heavy (non-hydrogen) atoms. The fraction of sp³-hybridized carbons (Fsp3) is 0.870. The summed E-state index contributed by atoms with van der Waals surface area (Å²) in [7, 11) is 0. The predicted molar refractivity (Wildman–Crippen MR) is 109 cm³/mol. The molecule has 0 saturated heterocycles. The molecular weight excluding hydrogens is 352 g/mol. The Morgan fingerprint density at radius 1 is 1.11 bits per heavy atom. The lowest BCUT2D eigenvalue weighted by atomic mass is 9.48. The molecule has 5 heteroatoms. The van der Waals surface area contributed by atoms with E-state index in [9.17, 15) is 14.4 Å². The molecule has 3 rings (SSSR count). The Kier molecular flexibility index (Phi) is 5.44. The highest BCUT2D eigenvalue weighted by Gasteiger charge is 2.60. The summed E-state index contributed by atoms with van der Waals surface area (Å²) in [5, 5.41) is 3.20. The molecule has 3 aliphatic rings. The van der Waals surface area contributed by atoms with Crippen LogP contribution in [0.1, 0.15) is 86.0 Å². The number of nitrogens with two attached hydrogens (primary N) is 1. The SMILES string of the molecule is CC(C)(C)NC(=O)[C@H]1CCC2C3CCC(=O)[C@](C)(CCC(N)=O)C3CC[C@@]21C. The molecule has 0 aliphatic heterocycles. The van der Waals surface area contributed by atoms with Crippen LogP contribution in [0.3, 0.4) is 0 Å². The van der Waals surface area contributed by atoms with Gasteiger partial charge in [-0.25, -0.2) is 0 Å². The Morgan fingerprint density at radius 3 is 2.39 bits per heavy atom. The van der Waals surface area contributed by atoms with Gasteiger partial charge in [0.25, 0.3) is 0 Å². The lowest BCUT2D eigenvalue weighted by Gasteiger charge is -2.55. The Balaban J connectivity index is 1.82. The molecule has 158 valence electrons. The minimum Gasteiger partial charge on any atom is -0.370 e. The van der Waals surface area contributed by atoms with E-state index in [1.165, 1.54) is 0 Å². The van der Waals surface area contributed by atoms with Crippen molar-refractivity contribution in [3.63, 3.8) is 0 Å². The normalized spacial score (nSPS) is 40.5. The van der Waals surface area contributed by atoms with Crippen molar-refractivity contribution >= 4 is 17.6 Å². The predicted octanol–water partition coefficient (Wildman–Crippen LogP) is 3.59. The number of amides is 2. The van der Waals surface area contributed by atoms with Gasteiger partial charge in [-0.15, -0.1) is 0 Å². The zero-order chi connectivity index (χ0) is 20.9. The van der Waals surface area contributed by atoms with E-state index in [1.807, 2.05) is 20.8 Å². The molecule has 3 N–H and O–H groups in total. The number of Topliss-reactive ketones (excluding diaryl/α,β-unsaturated/α-hetero) is 1. The first-order chi connectivity index (χ1) is 12.9. The van der Waals surface area contributed by atoms with Crippen LogP contribution in [0, 0.1) is 34.5 Å². The third kappa shape index (κ3) is 3.61. The van der Waals surface area contributed by atoms with Crippen molar-refractivity contribution in [1.82, 2.24) is 5.32 Å². The number of hydrogen-bond acceptors (Lipinski definition) is 3. The average Bonchev–Trinajstić information content (AvgIpc) is 2.92. The van der Waals surface area contributed by atoms with Gasteiger partial charge in [0.05, 0.1) is 0 Å². The van der Waals surface area contributed by atoms with Crippen LogP contribution in [0.15, 0.2) is 0 Å². The molecule has 3 fully saturated rings. The van der Waals surface area contributed by atoms with Gasteiger partial charge in [-0.1, -0.05) is 13.8 Å². The molecule has 0 heterocycles. The minimum atomic E-state index is -0.439. The molecular formula is C23H38N2O3. The number of nitrogens with one attached hydrogen (secondary N) is 1. The van der Waals surface area contributed by atoms with Crippen LogP contribution in [0.25, 0.3) is 0 Å². The summed E-state index contributed by atoms with van der Waals surface area (Å²) in [4.78, 5) is 37.3. The van der Waals surface area contributed by atoms with E-state index in [4.69, 9.17) is 5.73 Å². The fourth-order valence-corrected chi connectivity index (χ4v) is 6.87. The maximum Gasteiger partial charge on any atom is 0.224 e. The van der Waals surface area contributed by atoms with E-state index >= 15 is 0 Å². The van der Waals surface area contributed by atoms with Crippen molar-refractivity contribution in [2.45, 2.75) is 91.5 Å². The zero-order valence-electron chi connectivity index (χ0n) is 18.3. The van der Waals surface area contributed by atoms with Crippen LogP contribution >= 0.6 is 0 Å². The second-order valence-corrected chi connectivity index (χ2v) is 11.1. The first kappa shape index (κ1) is 21.3. The van der Waals surface area contributed by atoms with Gasteiger partial charge >= 0.3 is 0 Å². The van der Waals surface area contributed by atoms with E-state index < -0.39 is 5.41 Å². The smallest absolute Gasteiger partial charge is 0.224 e. The first-order valence-electron chi connectivity index (χ1n) is 11.0. The molecule has 2 amide bonds. The van der Waals surface area contributed by atoms with Crippen molar-refractivity contribution < 1.29 is 14.4 Å². The molecule has 3 saturated carbocycles. The van der Waals surface area contributed by atoms with E-state index in [0.717, 1.165) is 32.1 Å². The summed E-state index contributed by atoms with van der Waals surface area (Å²) in [6, 6.07) is 0. The molecule has 3 aliphatic carbocycles. The largest absolute Gasteiger partial charge is 0.370 e. The quantitative estimate of drug-likeness (QED) is 0.768. The lowest BCUT2D eigenvalue weighted by molar-refractivity contribution is -0.149. The molecule has 3 unspecified atom stereocenters. The molecule has 5 nitrogen and oxygen atoms in total. The van der Waals surface area contributed by atoms with Crippen LogP contribution in [0.2, 0.25) is 0 Å². The zero-order valence-corrected chi connectivity index (χ0v) is 18.3. The van der Waals surface area contributed by atoms with Gasteiger partial charge in [0.1, 0.15) is 5.78 Å². The van der Waals surface area contributed by atoms with Crippen LogP contribution < -0.4 is 11.1 Å². The number of carbonyl (C=O) groups excluding carboxylic acids is 3. The Bertz CT molecular complexity index is 667. The second kappa shape index (κ2) is 7.14. The molecule has 0 bridgehead atoms. The highest BCUT2D eigenvalue weighted by molar-refractivity contribution is 5.86. The summed E-state index contributed by atoms with van der Waals surface area (Å²) in [5.74, 6) is 1.52. The van der Waals surface area contributed by atoms with Crippen molar-refractivity contribution in [2.24, 2.45) is 40.2 Å². The van der Waals surface area contributed by atoms with Gasteiger partial charge in [0.2, 0.25) is 11.8 Å². The number of fused-ring (bicyclic) bond motifs is 3. The Morgan fingerprint density at radius 2 is 1.79 bits per heavy atom. The van der Waals surface area contributed by atoms with Crippen molar-refractivity contribution in [3.8, 4) is 0 Å². The summed E-state index contributed by atoms with van der Waals surface area (Å²) in [5.41, 5.74) is 4.76. The number of hydrogen-bond donors (Lipinski definition) is 2. The van der Waals surface area contributed by atoms with E-state index in [-0.39, 0.29) is 35.1 Å². The van der Waals surface area contributed by atoms with Crippen LogP contribution in [0.4, 0.5) is 0 Å². The van der Waals surface area contributed by atoms with Crippen LogP contribution in [0.5, 0.6) is 0 Å². The summed E-state index contributed by atoms with van der Waals surface area (Å²) in [6.07, 6.45) is 6.35. The van der Waals surface area contributed by atoms with Gasteiger partial charge in [-0.05, 0) is 82.5 Å². The van der Waals surface area contributed by atoms with Gasteiger partial charge in [-0.3, -0.25) is 14.4 Å². The summed E-state index contributed by atoms with van der Waals surface area (Å²) < 4.78 is 0. The maximum atomic E-state index is 13.0. The highest BCUT2D eigenvalue weighted by atomic mass is 16.2. The monoisotopic (exact) mass is 390 g/mol. The number of primary amides is 1. The summed E-state index contributed by atoms with van der Waals surface area (Å²) in [6.45, 7) is 10.5. The molecule has 0 aromatic heterocycles. The van der Waals surface area contributed by atoms with Crippen molar-refractivity contribution in [3.05, 3.63) is 0 Å². The number of carbonyl (C=O) groups is 3. The molecule has 0 aromatic carbocycles. The summed E-state index contributed by atoms with van der Waals surface area (Å²) >= 11 is 0. The Hall–Kier alpha value is -1.39. The molecule has 0 spiro atoms. The molecule has 0 radical (unpaired) electrons. The van der Waals surface area contributed by atoms with E-state index in [1.54, 1.807) is 0 Å². The first-order valence-corrected chi connectivity index (χ1v) is 11.0. The van der Waals surface area contributed by atoms with E-state index in [2.05, 4.69) is 19.2 Å². The average molecular weight is 391 g/mol. The fourth-order valence-electron chi connectivity index (χ4n) is 6.87. The molecule has 6 atom stereocenters. The topological polar surface area (TPSA) is 89.3 Å². The lowest BCUT2D eigenvalue weighted by Crippen LogP contribution is -2.54. The standard InChI is InChI=1S/C23H38N2O3/c1-21(2,3)25-20(28)17-8-7-15-14-6-9-18(26)23(5,13-11-19(24)27)16(14)10-12-22(15,17)4/h14-17H,6-13H2,1-5H3,(H2,24,27)(H,25,28)/t14?,15?,16?,17-,22+,23-/m1/s1. The number of rotatable bonds is 4. The minimum absolute atomic E-state index is 0.0154. The Labute approximate surface area is 169 Å². The van der Waals surface area contributed by atoms with E-state index in [0.29, 0.717) is 36.4 Å². The van der Waals surface area contributed by atoms with Crippen molar-refractivity contribution in [2.75, 3.05) is 0 Å². The van der Waals surface area contributed by atoms with Gasteiger partial charge in [-0.2, -0.15) is 0 Å². The van der Waals surface area contributed by atoms with Gasteiger partial charge in [0, 0.05) is 29.7 Å². The highest BCUT2D eigenvalue weighted by Crippen LogP contribution is 2.64. The van der Waals surface area contributed by atoms with Crippen LogP contribution in [-0.4, -0.2) is 23.1 Å². The third-order valence-corrected chi connectivity index (χ3v) is 8.30. The molecule has 0 aromatic rings. The second-order valence-electron chi connectivity index (χ2n) is 11.1. The number of ketones is 1. The maximum absolute atomic E-state index is 13.0. The van der Waals surface area contributed by atoms with Gasteiger partial charge in [0.15, 0.2) is 0 Å². The third-order valence-electron chi connectivity index (χ3n) is 8.30.